The van der Waals surface area contributed by atoms with E-state index in [0.29, 0.717) is 28.6 Å². The summed E-state index contributed by atoms with van der Waals surface area (Å²) in [6.45, 7) is 9.53. The van der Waals surface area contributed by atoms with E-state index in [9.17, 15) is 9.90 Å². The third kappa shape index (κ3) is 4.95. The minimum atomic E-state index is -0.951. The van der Waals surface area contributed by atoms with Gasteiger partial charge in [-0.15, -0.1) is 11.3 Å². The van der Waals surface area contributed by atoms with E-state index < -0.39 is 5.97 Å². The van der Waals surface area contributed by atoms with E-state index in [0.717, 1.165) is 22.4 Å². The molecule has 0 aliphatic carbocycles. The van der Waals surface area contributed by atoms with E-state index in [1.165, 1.54) is 16.9 Å². The Morgan fingerprint density at radius 2 is 2.00 bits per heavy atom. The van der Waals surface area contributed by atoms with Crippen molar-refractivity contribution in [1.82, 2.24) is 15.3 Å². The quantitative estimate of drug-likeness (QED) is 0.397. The average molecular weight is 471 g/mol. The van der Waals surface area contributed by atoms with Gasteiger partial charge in [0.25, 0.3) is 0 Å². The molecule has 4 rings (SSSR count). The van der Waals surface area contributed by atoms with Crippen LogP contribution in [0, 0.1) is 0 Å². The number of halogens is 1. The van der Waals surface area contributed by atoms with Gasteiger partial charge in [0.2, 0.25) is 5.95 Å². The number of carbonyl (C=O) groups is 1. The number of piperidine rings is 1. The van der Waals surface area contributed by atoms with E-state index in [-0.39, 0.29) is 16.6 Å². The van der Waals surface area contributed by atoms with Crippen LogP contribution in [-0.2, 0) is 0 Å². The van der Waals surface area contributed by atoms with Crippen molar-refractivity contribution in [3.8, 4) is 10.6 Å². The number of hydrogen-bond acceptors (Lipinski definition) is 6. The second-order valence-corrected chi connectivity index (χ2v) is 11.0. The number of nitrogens with zero attached hydrogens (tertiary/aromatic N) is 2. The lowest BCUT2D eigenvalue weighted by molar-refractivity contribution is 0.0699. The normalized spacial score (nSPS) is 17.3. The summed E-state index contributed by atoms with van der Waals surface area (Å²) in [5.74, 6) is -0.460. The number of anilines is 1. The minimum Gasteiger partial charge on any atom is -0.478 e. The number of thiophene rings is 1. The maximum atomic E-state index is 11.5. The molecule has 1 aliphatic rings. The van der Waals surface area contributed by atoms with Gasteiger partial charge in [-0.3, -0.25) is 0 Å². The van der Waals surface area contributed by atoms with Crippen molar-refractivity contribution < 1.29 is 9.90 Å². The number of fused-ring (bicyclic) bond motifs is 1. The summed E-state index contributed by atoms with van der Waals surface area (Å²) >= 11 is 7.86. The highest BCUT2D eigenvalue weighted by Gasteiger charge is 2.34. The lowest BCUT2D eigenvalue weighted by Gasteiger charge is -2.44. The zero-order valence-electron chi connectivity index (χ0n) is 18.6. The molecule has 2 aromatic heterocycles. The molecule has 0 radical (unpaired) electrons. The van der Waals surface area contributed by atoms with E-state index >= 15 is 0 Å². The molecule has 1 aromatic carbocycles. The van der Waals surface area contributed by atoms with Gasteiger partial charge >= 0.3 is 5.97 Å². The Labute approximate surface area is 196 Å². The van der Waals surface area contributed by atoms with Gasteiger partial charge in [-0.05, 0) is 58.7 Å². The van der Waals surface area contributed by atoms with Gasteiger partial charge in [-0.25, -0.2) is 14.8 Å². The van der Waals surface area contributed by atoms with Crippen LogP contribution >= 0.6 is 22.9 Å². The number of carboxylic acid groups (broad SMARTS) is 1. The van der Waals surface area contributed by atoms with Crippen LogP contribution in [0.5, 0.6) is 0 Å². The van der Waals surface area contributed by atoms with Crippen molar-refractivity contribution in [3.63, 3.8) is 0 Å². The Hall–Kier alpha value is -2.48. The summed E-state index contributed by atoms with van der Waals surface area (Å²) < 4.78 is 0.880. The van der Waals surface area contributed by atoms with Crippen LogP contribution in [0.4, 0.5) is 5.95 Å². The number of rotatable bonds is 5. The molecule has 0 unspecified atom stereocenters. The third-order valence-electron chi connectivity index (χ3n) is 5.44. The number of hydrogen-bond donors (Lipinski definition) is 3. The standard InChI is InChI=1S/C24H27ClN4O2S/c1-23(2)11-14(12-24(3,4)29-23)8-9-26-22-27-13-17(25)20(28-22)19-10-16-15(21(30)31)6-5-7-18(16)32-19/h5-8,10,13,29H,9,11-12H2,1-4H3,(H,30,31)(H,26,27,28). The van der Waals surface area contributed by atoms with Gasteiger partial charge in [-0.1, -0.05) is 29.3 Å². The SMILES string of the molecule is CC1(C)CC(=CCNc2ncc(Cl)c(-c3cc4c(C(=O)O)cccc4s3)n2)CC(C)(C)N1. The molecule has 168 valence electrons. The molecular formula is C24H27ClN4O2S. The summed E-state index contributed by atoms with van der Waals surface area (Å²) in [7, 11) is 0. The fourth-order valence-electron chi connectivity index (χ4n) is 4.62. The maximum absolute atomic E-state index is 11.5. The third-order valence-corrected chi connectivity index (χ3v) is 6.82. The molecule has 6 nitrogen and oxygen atoms in total. The molecule has 32 heavy (non-hydrogen) atoms. The molecule has 0 atom stereocenters. The second kappa shape index (κ2) is 8.46. The van der Waals surface area contributed by atoms with Crippen molar-refractivity contribution in [2.45, 2.75) is 51.6 Å². The van der Waals surface area contributed by atoms with Crippen molar-refractivity contribution in [3.05, 3.63) is 52.7 Å². The first kappa shape index (κ1) is 22.7. The topological polar surface area (TPSA) is 87.1 Å². The van der Waals surface area contributed by atoms with Gasteiger partial charge < -0.3 is 15.7 Å². The van der Waals surface area contributed by atoms with E-state index in [1.807, 2.05) is 12.1 Å². The van der Waals surface area contributed by atoms with Gasteiger partial charge in [-0.2, -0.15) is 0 Å². The fourth-order valence-corrected chi connectivity index (χ4v) is 5.96. The molecule has 3 N–H and O–H groups in total. The van der Waals surface area contributed by atoms with E-state index in [1.54, 1.807) is 18.3 Å². The van der Waals surface area contributed by atoms with Crippen LogP contribution in [0.3, 0.4) is 0 Å². The Morgan fingerprint density at radius 3 is 2.69 bits per heavy atom. The average Bonchev–Trinajstić information content (AvgIpc) is 3.10. The molecule has 3 heterocycles. The lowest BCUT2D eigenvalue weighted by atomic mass is 9.79. The first-order chi connectivity index (χ1) is 15.0. The van der Waals surface area contributed by atoms with Crippen LogP contribution in [0.25, 0.3) is 20.7 Å². The summed E-state index contributed by atoms with van der Waals surface area (Å²) in [6, 6.07) is 7.09. The van der Waals surface area contributed by atoms with Crippen molar-refractivity contribution >= 4 is 44.9 Å². The predicted octanol–water partition coefficient (Wildman–Crippen LogP) is 5.99. The second-order valence-electron chi connectivity index (χ2n) is 9.51. The van der Waals surface area contributed by atoms with Crippen LogP contribution in [0.15, 0.2) is 42.1 Å². The molecule has 1 saturated heterocycles. The zero-order chi connectivity index (χ0) is 23.1. The number of aromatic nitrogens is 2. The van der Waals surface area contributed by atoms with Gasteiger partial charge in [0, 0.05) is 27.7 Å². The van der Waals surface area contributed by atoms with Gasteiger partial charge in [0.05, 0.1) is 21.7 Å². The summed E-state index contributed by atoms with van der Waals surface area (Å²) in [5, 5.41) is 17.5. The van der Waals surface area contributed by atoms with Crippen molar-refractivity contribution in [2.24, 2.45) is 0 Å². The molecule has 0 amide bonds. The van der Waals surface area contributed by atoms with E-state index in [2.05, 4.69) is 54.4 Å². The highest BCUT2D eigenvalue weighted by molar-refractivity contribution is 7.22. The molecule has 0 spiro atoms. The Balaban J connectivity index is 1.56. The van der Waals surface area contributed by atoms with Crippen LogP contribution in [-0.4, -0.2) is 38.7 Å². The number of carboxylic acids is 1. The zero-order valence-corrected chi connectivity index (χ0v) is 20.2. The first-order valence-electron chi connectivity index (χ1n) is 10.5. The monoisotopic (exact) mass is 470 g/mol. The molecule has 1 fully saturated rings. The Bertz CT molecular complexity index is 1200. The number of aromatic carboxylic acids is 1. The molecule has 8 heteroatoms. The summed E-state index contributed by atoms with van der Waals surface area (Å²) in [5.41, 5.74) is 2.40. The highest BCUT2D eigenvalue weighted by Crippen LogP contribution is 2.37. The number of benzene rings is 1. The predicted molar refractivity (Wildman–Crippen MR) is 132 cm³/mol. The molecular weight excluding hydrogens is 444 g/mol. The largest absolute Gasteiger partial charge is 0.478 e. The Morgan fingerprint density at radius 1 is 1.28 bits per heavy atom. The summed E-state index contributed by atoms with van der Waals surface area (Å²) in [6.07, 6.45) is 5.80. The maximum Gasteiger partial charge on any atom is 0.336 e. The molecule has 0 saturated carbocycles. The van der Waals surface area contributed by atoms with Crippen LogP contribution < -0.4 is 10.6 Å². The minimum absolute atomic E-state index is 0.0630. The number of nitrogens with one attached hydrogen (secondary N) is 2. The Kier molecular flexibility index (Phi) is 6.00. The lowest BCUT2D eigenvalue weighted by Crippen LogP contribution is -2.55. The smallest absolute Gasteiger partial charge is 0.336 e. The highest BCUT2D eigenvalue weighted by atomic mass is 35.5. The van der Waals surface area contributed by atoms with Crippen molar-refractivity contribution in [1.29, 1.82) is 0 Å². The first-order valence-corrected chi connectivity index (χ1v) is 11.7. The summed E-state index contributed by atoms with van der Waals surface area (Å²) in [4.78, 5) is 21.3. The van der Waals surface area contributed by atoms with Crippen molar-refractivity contribution in [2.75, 3.05) is 11.9 Å². The fraction of sp³-hybridized carbons (Fsp3) is 0.375. The van der Waals surface area contributed by atoms with E-state index in [4.69, 9.17) is 11.6 Å². The van der Waals surface area contributed by atoms with Gasteiger partial charge in [0.1, 0.15) is 5.69 Å². The van der Waals surface area contributed by atoms with Crippen LogP contribution in [0.2, 0.25) is 5.02 Å². The molecule has 3 aromatic rings. The molecule has 1 aliphatic heterocycles. The van der Waals surface area contributed by atoms with Crippen LogP contribution in [0.1, 0.15) is 50.9 Å². The molecule has 0 bridgehead atoms. The van der Waals surface area contributed by atoms with Gasteiger partial charge in [0.15, 0.2) is 0 Å².